The molecule has 6 nitrogen and oxygen atoms in total. The van der Waals surface area contributed by atoms with E-state index >= 15 is 0 Å². The zero-order valence-electron chi connectivity index (χ0n) is 10.4. The van der Waals surface area contributed by atoms with Gasteiger partial charge < -0.3 is 14.9 Å². The number of pyridine rings is 1. The van der Waals surface area contributed by atoms with Crippen molar-refractivity contribution < 1.29 is 23.2 Å². The van der Waals surface area contributed by atoms with E-state index in [2.05, 4.69) is 9.72 Å². The second-order valence-corrected chi connectivity index (χ2v) is 3.67. The predicted octanol–water partition coefficient (Wildman–Crippen LogP) is 2.34. The fourth-order valence-electron chi connectivity index (χ4n) is 1.58. The molecule has 1 heterocycles. The zero-order chi connectivity index (χ0) is 14.6. The molecule has 0 aromatic carbocycles. The van der Waals surface area contributed by atoms with Crippen LogP contribution in [0.2, 0.25) is 0 Å². The third kappa shape index (κ3) is 3.67. The standard InChI is InChI=1S/C11H12F2N2O4/c1-3-19-10(16)5-7-6(2)14-9(15(17)18)4-8(7)11(12)13/h4,11H,3,5H2,1-2H3. The molecule has 1 aromatic heterocycles. The molecule has 104 valence electrons. The fraction of sp³-hybridized carbons (Fsp3) is 0.455. The quantitative estimate of drug-likeness (QED) is 0.467. The van der Waals surface area contributed by atoms with Gasteiger partial charge in [0.1, 0.15) is 0 Å². The topological polar surface area (TPSA) is 82.3 Å². The van der Waals surface area contributed by atoms with Gasteiger partial charge in [0.25, 0.3) is 6.43 Å². The van der Waals surface area contributed by atoms with E-state index in [1.807, 2.05) is 0 Å². The maximum atomic E-state index is 12.9. The first-order valence-corrected chi connectivity index (χ1v) is 5.45. The fourth-order valence-corrected chi connectivity index (χ4v) is 1.58. The number of esters is 1. The Kier molecular flexibility index (Phi) is 4.85. The van der Waals surface area contributed by atoms with Crippen molar-refractivity contribution in [2.45, 2.75) is 26.7 Å². The molecular weight excluding hydrogens is 262 g/mol. The molecule has 0 aliphatic carbocycles. The van der Waals surface area contributed by atoms with Crippen LogP contribution in [-0.4, -0.2) is 22.5 Å². The molecule has 1 aromatic rings. The highest BCUT2D eigenvalue weighted by Gasteiger charge is 2.25. The summed E-state index contributed by atoms with van der Waals surface area (Å²) < 4.78 is 30.4. The molecule has 0 radical (unpaired) electrons. The Bertz CT molecular complexity index is 506. The van der Waals surface area contributed by atoms with Gasteiger partial charge in [-0.2, -0.15) is 0 Å². The van der Waals surface area contributed by atoms with Crippen molar-refractivity contribution >= 4 is 11.8 Å². The number of aromatic nitrogens is 1. The van der Waals surface area contributed by atoms with Gasteiger partial charge in [0.15, 0.2) is 5.69 Å². The number of hydrogen-bond donors (Lipinski definition) is 0. The van der Waals surface area contributed by atoms with E-state index in [1.165, 1.54) is 6.92 Å². The molecule has 0 N–H and O–H groups in total. The van der Waals surface area contributed by atoms with Crippen LogP contribution in [0, 0.1) is 17.0 Å². The first kappa shape index (κ1) is 14.9. The first-order valence-electron chi connectivity index (χ1n) is 5.45. The first-order chi connectivity index (χ1) is 8.86. The van der Waals surface area contributed by atoms with Gasteiger partial charge in [0.05, 0.1) is 13.0 Å². The lowest BCUT2D eigenvalue weighted by Crippen LogP contribution is -2.12. The molecule has 0 atom stereocenters. The van der Waals surface area contributed by atoms with Crippen molar-refractivity contribution in [3.63, 3.8) is 0 Å². The number of ether oxygens (including phenoxy) is 1. The SMILES string of the molecule is CCOC(=O)Cc1c(C(F)F)cc([N+](=O)[O-])nc1C. The Labute approximate surface area is 107 Å². The third-order valence-corrected chi connectivity index (χ3v) is 2.40. The molecular formula is C11H12F2N2O4. The molecule has 1 rings (SSSR count). The molecule has 0 aliphatic rings. The molecule has 8 heteroatoms. The Morgan fingerprint density at radius 1 is 1.58 bits per heavy atom. The van der Waals surface area contributed by atoms with Crippen LogP contribution in [0.5, 0.6) is 0 Å². The van der Waals surface area contributed by atoms with Crippen molar-refractivity contribution in [3.05, 3.63) is 33.0 Å². The van der Waals surface area contributed by atoms with Crippen LogP contribution in [0.1, 0.15) is 30.2 Å². The van der Waals surface area contributed by atoms with Crippen molar-refractivity contribution in [1.29, 1.82) is 0 Å². The minimum absolute atomic E-state index is 0.0255. The minimum Gasteiger partial charge on any atom is -0.466 e. The van der Waals surface area contributed by atoms with Crippen LogP contribution in [-0.2, 0) is 16.0 Å². The summed E-state index contributed by atoms with van der Waals surface area (Å²) in [6.45, 7) is 3.06. The molecule has 0 fully saturated rings. The van der Waals surface area contributed by atoms with Crippen molar-refractivity contribution in [1.82, 2.24) is 4.98 Å². The van der Waals surface area contributed by atoms with E-state index in [0.29, 0.717) is 6.07 Å². The van der Waals surface area contributed by atoms with Crippen LogP contribution in [0.25, 0.3) is 0 Å². The van der Waals surface area contributed by atoms with Gasteiger partial charge >= 0.3 is 11.8 Å². The number of carbonyl (C=O) groups is 1. The van der Waals surface area contributed by atoms with Crippen LogP contribution < -0.4 is 0 Å². The lowest BCUT2D eigenvalue weighted by Gasteiger charge is -2.09. The Morgan fingerprint density at radius 2 is 2.21 bits per heavy atom. The normalized spacial score (nSPS) is 10.6. The van der Waals surface area contributed by atoms with E-state index in [0.717, 1.165) is 0 Å². The summed E-state index contributed by atoms with van der Waals surface area (Å²) in [6.07, 6.45) is -3.31. The van der Waals surface area contributed by atoms with Crippen LogP contribution in [0.4, 0.5) is 14.6 Å². The average Bonchev–Trinajstić information content (AvgIpc) is 2.31. The summed E-state index contributed by atoms with van der Waals surface area (Å²) in [5, 5.41) is 10.6. The smallest absolute Gasteiger partial charge is 0.364 e. The van der Waals surface area contributed by atoms with Crippen molar-refractivity contribution in [2.24, 2.45) is 0 Å². The van der Waals surface area contributed by atoms with Gasteiger partial charge in [-0.1, -0.05) is 0 Å². The monoisotopic (exact) mass is 274 g/mol. The summed E-state index contributed by atoms with van der Waals surface area (Å²) in [4.78, 5) is 24.6. The number of carbonyl (C=O) groups excluding carboxylic acids is 1. The second kappa shape index (κ2) is 6.17. The molecule has 0 aliphatic heterocycles. The summed E-state index contributed by atoms with van der Waals surface area (Å²) in [7, 11) is 0. The highest BCUT2D eigenvalue weighted by molar-refractivity contribution is 5.73. The highest BCUT2D eigenvalue weighted by Crippen LogP contribution is 2.28. The van der Waals surface area contributed by atoms with E-state index in [4.69, 9.17) is 0 Å². The number of nitro groups is 1. The molecule has 0 saturated carbocycles. The Hall–Kier alpha value is -2.12. The molecule has 0 unspecified atom stereocenters. The van der Waals surface area contributed by atoms with Gasteiger partial charge in [-0.25, -0.2) is 8.78 Å². The largest absolute Gasteiger partial charge is 0.466 e. The van der Waals surface area contributed by atoms with Gasteiger partial charge in [0, 0.05) is 24.1 Å². The Balaban J connectivity index is 3.22. The number of hydrogen-bond acceptors (Lipinski definition) is 5. The lowest BCUT2D eigenvalue weighted by molar-refractivity contribution is -0.389. The van der Waals surface area contributed by atoms with Gasteiger partial charge in [-0.05, 0) is 16.8 Å². The number of alkyl halides is 2. The average molecular weight is 274 g/mol. The molecule has 0 bridgehead atoms. The molecule has 0 saturated heterocycles. The zero-order valence-corrected chi connectivity index (χ0v) is 10.4. The summed E-state index contributed by atoms with van der Waals surface area (Å²) in [6, 6.07) is 0.687. The van der Waals surface area contributed by atoms with Crippen LogP contribution in [0.3, 0.4) is 0 Å². The number of halogens is 2. The maximum Gasteiger partial charge on any atom is 0.364 e. The van der Waals surface area contributed by atoms with Crippen LogP contribution >= 0.6 is 0 Å². The second-order valence-electron chi connectivity index (χ2n) is 3.67. The lowest BCUT2D eigenvalue weighted by atomic mass is 10.0. The number of rotatable bonds is 5. The van der Waals surface area contributed by atoms with E-state index < -0.39 is 28.7 Å². The van der Waals surface area contributed by atoms with Gasteiger partial charge in [-0.3, -0.25) is 4.79 Å². The maximum absolute atomic E-state index is 12.9. The van der Waals surface area contributed by atoms with E-state index in [9.17, 15) is 23.7 Å². The minimum atomic E-state index is -2.93. The predicted molar refractivity (Wildman–Crippen MR) is 60.9 cm³/mol. The van der Waals surface area contributed by atoms with E-state index in [1.54, 1.807) is 6.92 Å². The summed E-state index contributed by atoms with van der Waals surface area (Å²) in [5.74, 6) is -1.34. The van der Waals surface area contributed by atoms with Crippen molar-refractivity contribution in [3.8, 4) is 0 Å². The molecule has 0 spiro atoms. The van der Waals surface area contributed by atoms with E-state index in [-0.39, 0.29) is 24.3 Å². The third-order valence-electron chi connectivity index (χ3n) is 2.40. The van der Waals surface area contributed by atoms with Gasteiger partial charge in [0.2, 0.25) is 0 Å². The molecule has 19 heavy (non-hydrogen) atoms. The molecule has 0 amide bonds. The highest BCUT2D eigenvalue weighted by atomic mass is 19.3. The Morgan fingerprint density at radius 3 is 2.68 bits per heavy atom. The van der Waals surface area contributed by atoms with Crippen molar-refractivity contribution in [2.75, 3.05) is 6.61 Å². The number of aryl methyl sites for hydroxylation is 1. The number of nitrogens with zero attached hydrogens (tertiary/aromatic N) is 2. The van der Waals surface area contributed by atoms with Gasteiger partial charge in [-0.15, -0.1) is 0 Å². The summed E-state index contributed by atoms with van der Waals surface area (Å²) >= 11 is 0. The summed E-state index contributed by atoms with van der Waals surface area (Å²) in [5.41, 5.74) is -0.566. The van der Waals surface area contributed by atoms with Crippen LogP contribution in [0.15, 0.2) is 6.07 Å².